The predicted molar refractivity (Wildman–Crippen MR) is 125 cm³/mol. The van der Waals surface area contributed by atoms with Gasteiger partial charge < -0.3 is 4.90 Å². The lowest BCUT2D eigenvalue weighted by Crippen LogP contribution is -2.42. The van der Waals surface area contributed by atoms with Crippen LogP contribution in [0.15, 0.2) is 54.6 Å². The molecule has 0 spiro atoms. The predicted octanol–water partition coefficient (Wildman–Crippen LogP) is 4.45. The van der Waals surface area contributed by atoms with Crippen LogP contribution in [-0.2, 0) is 19.6 Å². The van der Waals surface area contributed by atoms with Crippen LogP contribution in [0.2, 0.25) is 0 Å². The maximum atomic E-state index is 14.6. The number of hydrogen-bond acceptors (Lipinski definition) is 4. The largest absolute Gasteiger partial charge is 0.306 e. The fourth-order valence-electron chi connectivity index (χ4n) is 4.22. The summed E-state index contributed by atoms with van der Waals surface area (Å²) < 4.78 is 19.1. The van der Waals surface area contributed by atoms with E-state index in [1.165, 1.54) is 11.6 Å². The molecule has 1 aliphatic heterocycles. The Bertz CT molecular complexity index is 1050. The van der Waals surface area contributed by atoms with Crippen LogP contribution in [0.5, 0.6) is 0 Å². The molecular formula is C24H30FN5S. The van der Waals surface area contributed by atoms with Crippen molar-refractivity contribution in [3.8, 4) is 11.4 Å². The fraction of sp³-hybridized carbons (Fsp3) is 0.417. The highest BCUT2D eigenvalue weighted by molar-refractivity contribution is 7.71. The Morgan fingerprint density at radius 3 is 2.45 bits per heavy atom. The van der Waals surface area contributed by atoms with Gasteiger partial charge in [-0.25, -0.2) is 9.07 Å². The van der Waals surface area contributed by atoms with Crippen LogP contribution < -0.4 is 0 Å². The summed E-state index contributed by atoms with van der Waals surface area (Å²) in [6, 6.07) is 17.6. The molecule has 0 bridgehead atoms. The smallest absolute Gasteiger partial charge is 0.199 e. The lowest BCUT2D eigenvalue weighted by Gasteiger charge is -2.34. The Morgan fingerprint density at radius 1 is 1.06 bits per heavy atom. The molecule has 1 aromatic heterocycles. The molecule has 164 valence electrons. The molecule has 0 atom stereocenters. The van der Waals surface area contributed by atoms with E-state index in [1.54, 1.807) is 12.1 Å². The van der Waals surface area contributed by atoms with E-state index in [4.69, 9.17) is 17.3 Å². The molecule has 1 saturated heterocycles. The van der Waals surface area contributed by atoms with Gasteiger partial charge in [0.15, 0.2) is 10.6 Å². The average Bonchev–Trinajstić information content (AvgIpc) is 3.08. The Balaban J connectivity index is 1.62. The normalized spacial score (nSPS) is 15.6. The highest BCUT2D eigenvalue weighted by atomic mass is 32.1. The Hall–Kier alpha value is -2.35. The second kappa shape index (κ2) is 9.85. The van der Waals surface area contributed by atoms with E-state index in [1.807, 2.05) is 33.5 Å². The van der Waals surface area contributed by atoms with E-state index in [0.717, 1.165) is 32.4 Å². The molecular weight excluding hydrogens is 409 g/mol. The van der Waals surface area contributed by atoms with Crippen molar-refractivity contribution in [2.24, 2.45) is 0 Å². The van der Waals surface area contributed by atoms with Gasteiger partial charge in [-0.05, 0) is 76.4 Å². The van der Waals surface area contributed by atoms with Crippen LogP contribution in [-0.4, -0.2) is 57.4 Å². The minimum Gasteiger partial charge on any atom is -0.306 e. The number of aromatic nitrogens is 3. The zero-order chi connectivity index (χ0) is 21.8. The van der Waals surface area contributed by atoms with Gasteiger partial charge in [0.05, 0.1) is 12.2 Å². The molecule has 0 amide bonds. The molecule has 7 heteroatoms. The van der Waals surface area contributed by atoms with Crippen LogP contribution in [0.3, 0.4) is 0 Å². The first-order chi connectivity index (χ1) is 15.0. The Morgan fingerprint density at radius 2 is 1.74 bits per heavy atom. The summed E-state index contributed by atoms with van der Waals surface area (Å²) in [6.07, 6.45) is 3.08. The maximum Gasteiger partial charge on any atom is 0.199 e. The Kier molecular flexibility index (Phi) is 6.95. The molecule has 2 aromatic carbocycles. The van der Waals surface area contributed by atoms with Gasteiger partial charge in [-0.15, -0.1) is 0 Å². The summed E-state index contributed by atoms with van der Waals surface area (Å²) in [5.74, 6) is 0.315. The van der Waals surface area contributed by atoms with Crippen molar-refractivity contribution >= 4 is 12.2 Å². The zero-order valence-electron chi connectivity index (χ0n) is 18.2. The first-order valence-electron chi connectivity index (χ1n) is 10.9. The second-order valence-corrected chi connectivity index (χ2v) is 8.77. The van der Waals surface area contributed by atoms with Crippen molar-refractivity contribution in [2.45, 2.75) is 38.5 Å². The summed E-state index contributed by atoms with van der Waals surface area (Å²) in [6.45, 7) is 3.47. The average molecular weight is 440 g/mol. The van der Waals surface area contributed by atoms with Gasteiger partial charge in [-0.3, -0.25) is 9.47 Å². The molecule has 0 N–H and O–H groups in total. The van der Waals surface area contributed by atoms with E-state index in [-0.39, 0.29) is 5.82 Å². The maximum absolute atomic E-state index is 14.6. The van der Waals surface area contributed by atoms with Gasteiger partial charge in [0.25, 0.3) is 0 Å². The van der Waals surface area contributed by atoms with Gasteiger partial charge in [0.1, 0.15) is 5.82 Å². The molecule has 0 saturated carbocycles. The van der Waals surface area contributed by atoms with Crippen molar-refractivity contribution < 1.29 is 4.39 Å². The summed E-state index contributed by atoms with van der Waals surface area (Å²) in [5.41, 5.74) is 1.71. The van der Waals surface area contributed by atoms with Crippen LogP contribution >= 0.6 is 12.2 Å². The topological polar surface area (TPSA) is 29.2 Å². The van der Waals surface area contributed by atoms with Gasteiger partial charge in [0.2, 0.25) is 0 Å². The monoisotopic (exact) mass is 439 g/mol. The molecule has 31 heavy (non-hydrogen) atoms. The minimum absolute atomic E-state index is 0.278. The second-order valence-electron chi connectivity index (χ2n) is 8.41. The number of hydrogen-bond donors (Lipinski definition) is 0. The van der Waals surface area contributed by atoms with Crippen LogP contribution in [0.1, 0.15) is 18.4 Å². The third kappa shape index (κ3) is 5.11. The van der Waals surface area contributed by atoms with Crippen molar-refractivity contribution in [2.75, 3.05) is 27.2 Å². The zero-order valence-corrected chi connectivity index (χ0v) is 19.1. The van der Waals surface area contributed by atoms with Gasteiger partial charge >= 0.3 is 0 Å². The number of benzene rings is 2. The lowest BCUT2D eigenvalue weighted by molar-refractivity contribution is 0.113. The molecule has 4 rings (SSSR count). The summed E-state index contributed by atoms with van der Waals surface area (Å²) in [7, 11) is 4.30. The first kappa shape index (κ1) is 21.9. The fourth-order valence-corrected chi connectivity index (χ4v) is 4.50. The molecule has 1 fully saturated rings. The standard InChI is InChI=1S/C24H30FN5S/c1-27-15-13-20(14-16-27)28(2)18-30-24(31)29(17-12-19-8-4-3-5-9-19)23(26-30)21-10-6-7-11-22(21)25/h3-11,20H,12-18H2,1-2H3. The number of rotatable bonds is 7. The third-order valence-corrected chi connectivity index (χ3v) is 6.60. The van der Waals surface area contributed by atoms with E-state index in [9.17, 15) is 4.39 Å². The first-order valence-corrected chi connectivity index (χ1v) is 11.3. The number of aryl methyl sites for hydroxylation is 1. The van der Waals surface area contributed by atoms with E-state index in [2.05, 4.69) is 36.0 Å². The van der Waals surface area contributed by atoms with Crippen molar-refractivity contribution in [3.63, 3.8) is 0 Å². The van der Waals surface area contributed by atoms with Gasteiger partial charge in [-0.2, -0.15) is 5.10 Å². The number of halogens is 1. The quantitative estimate of drug-likeness (QED) is 0.509. The molecule has 0 radical (unpaired) electrons. The highest BCUT2D eigenvalue weighted by Gasteiger charge is 2.22. The van der Waals surface area contributed by atoms with Gasteiger partial charge in [-0.1, -0.05) is 42.5 Å². The van der Waals surface area contributed by atoms with Crippen molar-refractivity contribution in [3.05, 3.63) is 70.7 Å². The summed E-state index contributed by atoms with van der Waals surface area (Å²) in [4.78, 5) is 4.69. The molecule has 0 unspecified atom stereocenters. The van der Waals surface area contributed by atoms with Crippen LogP contribution in [0.25, 0.3) is 11.4 Å². The molecule has 1 aliphatic rings. The lowest BCUT2D eigenvalue weighted by atomic mass is 10.0. The summed E-state index contributed by atoms with van der Waals surface area (Å²) >= 11 is 5.82. The molecule has 0 aliphatic carbocycles. The Labute approximate surface area is 188 Å². The molecule has 3 aromatic rings. The SMILES string of the molecule is CN1CCC(N(C)Cn2nc(-c3ccccc3F)n(CCc3ccccc3)c2=S)CC1. The van der Waals surface area contributed by atoms with Crippen molar-refractivity contribution in [1.82, 2.24) is 24.1 Å². The van der Waals surface area contributed by atoms with Crippen LogP contribution in [0.4, 0.5) is 4.39 Å². The van der Waals surface area contributed by atoms with Crippen molar-refractivity contribution in [1.29, 1.82) is 0 Å². The number of nitrogens with zero attached hydrogens (tertiary/aromatic N) is 5. The van der Waals surface area contributed by atoms with E-state index in [0.29, 0.717) is 35.4 Å². The minimum atomic E-state index is -0.278. The number of piperidine rings is 1. The molecule has 2 heterocycles. The highest BCUT2D eigenvalue weighted by Crippen LogP contribution is 2.23. The summed E-state index contributed by atoms with van der Waals surface area (Å²) in [5, 5.41) is 4.79. The number of likely N-dealkylation sites (tertiary alicyclic amines) is 1. The van der Waals surface area contributed by atoms with E-state index < -0.39 is 0 Å². The van der Waals surface area contributed by atoms with E-state index >= 15 is 0 Å². The van der Waals surface area contributed by atoms with Gasteiger partial charge in [0, 0.05) is 12.6 Å². The third-order valence-electron chi connectivity index (χ3n) is 6.17. The molecule has 5 nitrogen and oxygen atoms in total. The van der Waals surface area contributed by atoms with Crippen LogP contribution in [0, 0.1) is 10.6 Å².